The Morgan fingerprint density at radius 2 is 1.67 bits per heavy atom. The topological polar surface area (TPSA) is 66.4 Å². The Labute approximate surface area is 158 Å². The van der Waals surface area contributed by atoms with Gasteiger partial charge in [-0.1, -0.05) is 60.2 Å². The van der Waals surface area contributed by atoms with Crippen molar-refractivity contribution in [1.82, 2.24) is 5.32 Å². The van der Waals surface area contributed by atoms with Crippen LogP contribution in [0.4, 0.5) is 13.2 Å². The number of carboxylic acids is 1. The first-order valence-corrected chi connectivity index (χ1v) is 9.06. The summed E-state index contributed by atoms with van der Waals surface area (Å²) in [5.41, 5.74) is 2.48. The second-order valence-electron chi connectivity index (χ2n) is 5.92. The first-order valence-electron chi connectivity index (χ1n) is 8.01. The number of rotatable bonds is 7. The molecule has 0 fully saturated rings. The van der Waals surface area contributed by atoms with E-state index in [-0.39, 0.29) is 0 Å². The number of carbonyl (C=O) groups excluding carboxylic acids is 1. The number of halogens is 3. The highest BCUT2D eigenvalue weighted by Crippen LogP contribution is 2.35. The molecule has 0 unspecified atom stereocenters. The average molecular weight is 397 g/mol. The molecule has 0 aromatic heterocycles. The van der Waals surface area contributed by atoms with Gasteiger partial charge in [0.1, 0.15) is 6.04 Å². The lowest BCUT2D eigenvalue weighted by Gasteiger charge is -2.25. The van der Waals surface area contributed by atoms with Crippen molar-refractivity contribution in [2.24, 2.45) is 0 Å². The average Bonchev–Trinajstić information content (AvgIpc) is 2.62. The van der Waals surface area contributed by atoms with Crippen molar-refractivity contribution in [2.45, 2.75) is 30.1 Å². The quantitative estimate of drug-likeness (QED) is 0.738. The summed E-state index contributed by atoms with van der Waals surface area (Å²) in [5, 5.41) is 10.2. The molecule has 4 nitrogen and oxygen atoms in total. The number of carboxylic acid groups (broad SMARTS) is 1. The Kier molecular flexibility index (Phi) is 6.90. The van der Waals surface area contributed by atoms with Gasteiger partial charge in [0.25, 0.3) is 0 Å². The summed E-state index contributed by atoms with van der Waals surface area (Å²) in [4.78, 5) is 23.0. The van der Waals surface area contributed by atoms with Crippen molar-refractivity contribution >= 4 is 23.6 Å². The molecular formula is C19H18F3NO3S. The van der Waals surface area contributed by atoms with Gasteiger partial charge in [-0.3, -0.25) is 4.79 Å². The van der Waals surface area contributed by atoms with E-state index in [0.29, 0.717) is 11.3 Å². The van der Waals surface area contributed by atoms with Crippen LogP contribution in [0.3, 0.4) is 0 Å². The monoisotopic (exact) mass is 397 g/mol. The van der Waals surface area contributed by atoms with E-state index in [1.54, 1.807) is 35.6 Å². The van der Waals surface area contributed by atoms with Gasteiger partial charge in [-0.25, -0.2) is 4.79 Å². The zero-order valence-corrected chi connectivity index (χ0v) is 15.2. The van der Waals surface area contributed by atoms with Gasteiger partial charge in [0, 0.05) is 5.75 Å². The van der Waals surface area contributed by atoms with E-state index in [0.717, 1.165) is 22.9 Å². The second-order valence-corrected chi connectivity index (χ2v) is 7.04. The molecule has 0 aliphatic rings. The minimum atomic E-state index is -5.16. The maximum absolute atomic E-state index is 12.6. The number of hydrogen-bond acceptors (Lipinski definition) is 3. The molecular weight excluding hydrogens is 379 g/mol. The van der Waals surface area contributed by atoms with Gasteiger partial charge in [-0.2, -0.15) is 13.2 Å². The molecule has 0 saturated heterocycles. The Bertz CT molecular complexity index is 779. The molecule has 0 aliphatic carbocycles. The molecule has 1 amide bonds. The lowest BCUT2D eigenvalue weighted by molar-refractivity contribution is -0.175. The van der Waals surface area contributed by atoms with Gasteiger partial charge in [0.05, 0.1) is 5.25 Å². The van der Waals surface area contributed by atoms with E-state index in [2.05, 4.69) is 0 Å². The molecule has 2 N–H and O–H groups in total. The van der Waals surface area contributed by atoms with Gasteiger partial charge >= 0.3 is 18.1 Å². The zero-order valence-electron chi connectivity index (χ0n) is 14.4. The number of benzene rings is 2. The van der Waals surface area contributed by atoms with E-state index in [9.17, 15) is 27.9 Å². The molecule has 0 saturated carbocycles. The molecule has 0 radical (unpaired) electrons. The van der Waals surface area contributed by atoms with Crippen molar-refractivity contribution < 1.29 is 27.9 Å². The fraction of sp³-hybridized carbons (Fsp3) is 0.263. The number of thioether (sulfide) groups is 1. The highest BCUT2D eigenvalue weighted by molar-refractivity contribution is 7.98. The van der Waals surface area contributed by atoms with Gasteiger partial charge < -0.3 is 10.4 Å². The van der Waals surface area contributed by atoms with Crippen LogP contribution in [0.1, 0.15) is 21.9 Å². The molecule has 2 aromatic rings. The Balaban J connectivity index is 2.27. The van der Waals surface area contributed by atoms with E-state index in [4.69, 9.17) is 0 Å². The fourth-order valence-electron chi connectivity index (χ4n) is 2.39. The number of nitrogens with one attached hydrogen (secondary N) is 1. The molecule has 0 bridgehead atoms. The van der Waals surface area contributed by atoms with Crippen LogP contribution in [0.5, 0.6) is 0 Å². The van der Waals surface area contributed by atoms with Crippen LogP contribution in [-0.4, -0.2) is 29.2 Å². The summed E-state index contributed by atoms with van der Waals surface area (Å²) in [6.07, 6.45) is -5.16. The summed E-state index contributed by atoms with van der Waals surface area (Å²) in [5.74, 6) is -3.42. The molecule has 0 spiro atoms. The smallest absolute Gasteiger partial charge is 0.471 e. The van der Waals surface area contributed by atoms with Crippen molar-refractivity contribution in [2.75, 3.05) is 0 Å². The van der Waals surface area contributed by atoms with Crippen LogP contribution in [0.2, 0.25) is 0 Å². The van der Waals surface area contributed by atoms with Crippen LogP contribution >= 0.6 is 11.8 Å². The number of aryl methyl sites for hydroxylation is 1. The molecule has 0 heterocycles. The minimum absolute atomic E-state index is 0.380. The van der Waals surface area contributed by atoms with Crippen molar-refractivity contribution in [3.05, 3.63) is 71.3 Å². The van der Waals surface area contributed by atoms with Crippen LogP contribution in [0, 0.1) is 6.92 Å². The molecule has 2 aromatic carbocycles. The standard InChI is InChI=1S/C19H18F3NO3S/c1-12-7-9-13(10-8-12)11-27-16(14-5-3-2-4-6-14)15(17(24)25)23-18(26)19(20,21)22/h2-10,15-16H,11H2,1H3,(H,23,26)(H,24,25)/t15-,16-/m1/s1. The first kappa shape index (κ1) is 20.8. The van der Waals surface area contributed by atoms with Crippen molar-refractivity contribution in [1.29, 1.82) is 0 Å². The molecule has 8 heteroatoms. The number of amides is 1. The van der Waals surface area contributed by atoms with E-state index in [1.165, 1.54) is 0 Å². The predicted octanol–water partition coefficient (Wildman–Crippen LogP) is 4.10. The number of carbonyl (C=O) groups is 2. The van der Waals surface area contributed by atoms with E-state index >= 15 is 0 Å². The highest BCUT2D eigenvalue weighted by atomic mass is 32.2. The molecule has 0 aliphatic heterocycles. The highest BCUT2D eigenvalue weighted by Gasteiger charge is 2.43. The fourth-order valence-corrected chi connectivity index (χ4v) is 3.68. The number of hydrogen-bond donors (Lipinski definition) is 2. The largest absolute Gasteiger partial charge is 0.480 e. The number of alkyl halides is 3. The predicted molar refractivity (Wildman–Crippen MR) is 97.3 cm³/mol. The summed E-state index contributed by atoms with van der Waals surface area (Å²) in [7, 11) is 0. The third-order valence-electron chi connectivity index (χ3n) is 3.79. The van der Waals surface area contributed by atoms with Crippen molar-refractivity contribution in [3.8, 4) is 0 Å². The Morgan fingerprint density at radius 3 is 2.19 bits per heavy atom. The lowest BCUT2D eigenvalue weighted by Crippen LogP contribution is -2.49. The van der Waals surface area contributed by atoms with Crippen molar-refractivity contribution in [3.63, 3.8) is 0 Å². The van der Waals surface area contributed by atoms with E-state index in [1.807, 2.05) is 31.2 Å². The third kappa shape index (κ3) is 6.02. The Morgan fingerprint density at radius 1 is 1.07 bits per heavy atom. The zero-order chi connectivity index (χ0) is 20.0. The molecule has 27 heavy (non-hydrogen) atoms. The van der Waals surface area contributed by atoms with Gasteiger partial charge in [-0.05, 0) is 18.1 Å². The normalized spacial score (nSPS) is 13.6. The van der Waals surface area contributed by atoms with Crippen LogP contribution in [-0.2, 0) is 15.3 Å². The summed E-state index contributed by atoms with van der Waals surface area (Å²) < 4.78 is 37.8. The second kappa shape index (κ2) is 8.94. The van der Waals surface area contributed by atoms with Crippen LogP contribution in [0.25, 0.3) is 0 Å². The van der Waals surface area contributed by atoms with Crippen LogP contribution < -0.4 is 5.32 Å². The van der Waals surface area contributed by atoms with Gasteiger partial charge in [0.2, 0.25) is 0 Å². The summed E-state index contributed by atoms with van der Waals surface area (Å²) in [6.45, 7) is 1.93. The van der Waals surface area contributed by atoms with E-state index < -0.39 is 29.3 Å². The summed E-state index contributed by atoms with van der Waals surface area (Å²) in [6, 6.07) is 14.1. The number of aliphatic carboxylic acids is 1. The SMILES string of the molecule is Cc1ccc(CS[C@H](c2ccccc2)[C@@H](NC(=O)C(F)(F)F)C(=O)O)cc1. The van der Waals surface area contributed by atoms with Crippen LogP contribution in [0.15, 0.2) is 54.6 Å². The van der Waals surface area contributed by atoms with Gasteiger partial charge in [-0.15, -0.1) is 11.8 Å². The molecule has 144 valence electrons. The minimum Gasteiger partial charge on any atom is -0.480 e. The maximum Gasteiger partial charge on any atom is 0.471 e. The van der Waals surface area contributed by atoms with Gasteiger partial charge in [0.15, 0.2) is 0 Å². The molecule has 2 atom stereocenters. The molecule has 2 rings (SSSR count). The maximum atomic E-state index is 12.6. The lowest BCUT2D eigenvalue weighted by atomic mass is 10.1. The third-order valence-corrected chi connectivity index (χ3v) is 5.19. The Hall–Kier alpha value is -2.48. The first-order chi connectivity index (χ1) is 12.7. The summed E-state index contributed by atoms with van der Waals surface area (Å²) >= 11 is 1.16.